The van der Waals surface area contributed by atoms with E-state index in [4.69, 9.17) is 17.0 Å². The van der Waals surface area contributed by atoms with Gasteiger partial charge in [0.2, 0.25) is 0 Å². The quantitative estimate of drug-likeness (QED) is 0.793. The minimum Gasteiger partial charge on any atom is -0.497 e. The highest BCUT2D eigenvalue weighted by molar-refractivity contribution is 7.82. The molecule has 0 heterocycles. The zero-order valence-electron chi connectivity index (χ0n) is 9.48. The van der Waals surface area contributed by atoms with Crippen molar-refractivity contribution in [2.24, 2.45) is 0 Å². The van der Waals surface area contributed by atoms with E-state index in [0.717, 1.165) is 0 Å². The van der Waals surface area contributed by atoms with Crippen LogP contribution >= 0.6 is 12.2 Å². The van der Waals surface area contributed by atoms with Crippen molar-refractivity contribution in [3.63, 3.8) is 0 Å². The van der Waals surface area contributed by atoms with Crippen molar-refractivity contribution < 1.29 is 9.53 Å². The Morgan fingerprint density at radius 3 is 2.69 bits per heavy atom. The highest BCUT2D eigenvalue weighted by Crippen LogP contribution is 2.16. The topological polar surface area (TPSA) is 41.6 Å². The number of carbonyl (C=O) groups is 1. The highest BCUT2D eigenvalue weighted by atomic mass is 32.1. The Morgan fingerprint density at radius 1 is 1.44 bits per heavy atom. The van der Waals surface area contributed by atoms with Crippen LogP contribution in [0.4, 0.5) is 5.69 Å². The maximum Gasteiger partial charge on any atom is 0.283 e. The van der Waals surface area contributed by atoms with Crippen LogP contribution in [-0.2, 0) is 4.79 Å². The maximum atomic E-state index is 11.6. The average molecular weight is 238 g/mol. The van der Waals surface area contributed by atoms with Crippen molar-refractivity contribution in [3.8, 4) is 5.75 Å². The van der Waals surface area contributed by atoms with Crippen molar-refractivity contribution in [2.75, 3.05) is 26.5 Å². The van der Waals surface area contributed by atoms with Gasteiger partial charge in [-0.2, -0.15) is 0 Å². The van der Waals surface area contributed by atoms with Crippen LogP contribution in [0.25, 0.3) is 0 Å². The minimum atomic E-state index is -0.298. The molecule has 0 aliphatic heterocycles. The zero-order chi connectivity index (χ0) is 12.1. The minimum absolute atomic E-state index is 0.239. The first-order valence-corrected chi connectivity index (χ1v) is 5.12. The summed E-state index contributed by atoms with van der Waals surface area (Å²) in [5.41, 5.74) is 0.661. The molecule has 0 spiro atoms. The van der Waals surface area contributed by atoms with Gasteiger partial charge in [-0.3, -0.25) is 4.79 Å². The summed E-state index contributed by atoms with van der Waals surface area (Å²) in [7, 11) is 5.03. The van der Waals surface area contributed by atoms with E-state index in [1.54, 1.807) is 50.4 Å². The summed E-state index contributed by atoms with van der Waals surface area (Å²) in [5, 5.41) is 2.70. The second-order valence-corrected chi connectivity index (χ2v) is 3.77. The van der Waals surface area contributed by atoms with Crippen molar-refractivity contribution in [3.05, 3.63) is 24.3 Å². The lowest BCUT2D eigenvalue weighted by Gasteiger charge is -2.13. The fraction of sp³-hybridized carbons (Fsp3) is 0.273. The Bertz CT molecular complexity index is 405. The molecule has 0 aliphatic carbocycles. The van der Waals surface area contributed by atoms with Gasteiger partial charge in [0.25, 0.3) is 5.91 Å². The SMILES string of the molecule is COc1cccc(NC(=O)C(=S)N(C)C)c1. The number of benzene rings is 1. The maximum absolute atomic E-state index is 11.6. The molecule has 0 fully saturated rings. The predicted octanol–water partition coefficient (Wildman–Crippen LogP) is 1.52. The molecule has 1 aromatic carbocycles. The number of rotatable bonds is 2. The van der Waals surface area contributed by atoms with Crippen LogP contribution in [0.2, 0.25) is 0 Å². The third-order valence-corrected chi connectivity index (χ3v) is 2.48. The number of ether oxygens (including phenoxy) is 1. The van der Waals surface area contributed by atoms with Crippen molar-refractivity contribution in [2.45, 2.75) is 0 Å². The molecule has 5 heteroatoms. The Morgan fingerprint density at radius 2 is 2.12 bits per heavy atom. The predicted molar refractivity (Wildman–Crippen MR) is 67.9 cm³/mol. The van der Waals surface area contributed by atoms with Crippen LogP contribution in [0.1, 0.15) is 0 Å². The van der Waals surface area contributed by atoms with E-state index in [9.17, 15) is 4.79 Å². The summed E-state index contributed by atoms with van der Waals surface area (Å²) in [6, 6.07) is 7.11. The van der Waals surface area contributed by atoms with E-state index < -0.39 is 0 Å². The normalized spacial score (nSPS) is 9.44. The molecule has 1 aromatic rings. The zero-order valence-corrected chi connectivity index (χ0v) is 10.3. The van der Waals surface area contributed by atoms with Gasteiger partial charge in [-0.25, -0.2) is 0 Å². The van der Waals surface area contributed by atoms with Crippen LogP contribution in [0.3, 0.4) is 0 Å². The molecule has 86 valence electrons. The van der Waals surface area contributed by atoms with Crippen LogP contribution in [-0.4, -0.2) is 37.0 Å². The molecule has 1 rings (SSSR count). The Balaban J connectivity index is 2.73. The number of anilines is 1. The van der Waals surface area contributed by atoms with Gasteiger partial charge in [0.1, 0.15) is 5.75 Å². The Labute approximate surface area is 100 Å². The van der Waals surface area contributed by atoms with Crippen LogP contribution in [0, 0.1) is 0 Å². The molecule has 0 atom stereocenters. The molecule has 0 radical (unpaired) electrons. The Kier molecular flexibility index (Phi) is 4.25. The first-order chi connectivity index (χ1) is 7.54. The third-order valence-electron chi connectivity index (χ3n) is 1.93. The smallest absolute Gasteiger partial charge is 0.283 e. The van der Waals surface area contributed by atoms with E-state index in [0.29, 0.717) is 11.4 Å². The van der Waals surface area contributed by atoms with Crippen LogP contribution in [0.5, 0.6) is 5.75 Å². The molecule has 0 aromatic heterocycles. The lowest BCUT2D eigenvalue weighted by Crippen LogP contribution is -2.32. The fourth-order valence-corrected chi connectivity index (χ4v) is 1.14. The van der Waals surface area contributed by atoms with Crippen LogP contribution in [0.15, 0.2) is 24.3 Å². The molecule has 0 saturated carbocycles. The second kappa shape index (κ2) is 5.46. The molecule has 16 heavy (non-hydrogen) atoms. The monoisotopic (exact) mass is 238 g/mol. The molecular weight excluding hydrogens is 224 g/mol. The second-order valence-electron chi connectivity index (χ2n) is 3.39. The summed E-state index contributed by atoms with van der Waals surface area (Å²) >= 11 is 4.94. The van der Waals surface area contributed by atoms with E-state index in [2.05, 4.69) is 5.32 Å². The molecular formula is C11H14N2O2S. The lowest BCUT2D eigenvalue weighted by molar-refractivity contribution is -0.110. The van der Waals surface area contributed by atoms with Gasteiger partial charge in [-0.05, 0) is 12.1 Å². The first-order valence-electron chi connectivity index (χ1n) is 4.71. The van der Waals surface area contributed by atoms with E-state index in [-0.39, 0.29) is 10.9 Å². The summed E-state index contributed by atoms with van der Waals surface area (Å²) in [4.78, 5) is 13.4. The van der Waals surface area contributed by atoms with E-state index in [1.807, 2.05) is 0 Å². The van der Waals surface area contributed by atoms with Gasteiger partial charge in [0, 0.05) is 25.8 Å². The first kappa shape index (κ1) is 12.4. The van der Waals surface area contributed by atoms with Gasteiger partial charge >= 0.3 is 0 Å². The third kappa shape index (κ3) is 3.20. The standard InChI is InChI=1S/C11H14N2O2S/c1-13(2)11(16)10(14)12-8-5-4-6-9(7-8)15-3/h4-7H,1-3H3,(H,12,14). The number of carbonyl (C=O) groups excluding carboxylic acids is 1. The van der Waals surface area contributed by atoms with Gasteiger partial charge in [-0.15, -0.1) is 0 Å². The number of amides is 1. The average Bonchev–Trinajstić information content (AvgIpc) is 2.28. The summed E-state index contributed by atoms with van der Waals surface area (Å²) in [5.74, 6) is 0.391. The molecule has 0 unspecified atom stereocenters. The molecule has 0 aliphatic rings. The van der Waals surface area contributed by atoms with E-state index >= 15 is 0 Å². The number of likely N-dealkylation sites (N-methyl/N-ethyl adjacent to an activating group) is 1. The summed E-state index contributed by atoms with van der Waals surface area (Å²) < 4.78 is 5.05. The lowest BCUT2D eigenvalue weighted by atomic mass is 10.3. The van der Waals surface area contributed by atoms with Gasteiger partial charge < -0.3 is 15.0 Å². The summed E-state index contributed by atoms with van der Waals surface area (Å²) in [6.07, 6.45) is 0. The number of hydrogen-bond acceptors (Lipinski definition) is 3. The largest absolute Gasteiger partial charge is 0.497 e. The highest BCUT2D eigenvalue weighted by Gasteiger charge is 2.11. The van der Waals surface area contributed by atoms with Crippen LogP contribution < -0.4 is 10.1 Å². The van der Waals surface area contributed by atoms with Crippen molar-refractivity contribution in [1.29, 1.82) is 0 Å². The number of methoxy groups -OCH3 is 1. The number of thiocarbonyl (C=S) groups is 1. The van der Waals surface area contributed by atoms with Gasteiger partial charge in [-0.1, -0.05) is 18.3 Å². The molecule has 0 saturated heterocycles. The van der Waals surface area contributed by atoms with E-state index in [1.165, 1.54) is 0 Å². The number of nitrogens with one attached hydrogen (secondary N) is 1. The fourth-order valence-electron chi connectivity index (χ4n) is 1.09. The number of hydrogen-bond donors (Lipinski definition) is 1. The van der Waals surface area contributed by atoms with Crippen molar-refractivity contribution >= 4 is 28.8 Å². The van der Waals surface area contributed by atoms with Gasteiger partial charge in [0.05, 0.1) is 7.11 Å². The summed E-state index contributed by atoms with van der Waals surface area (Å²) in [6.45, 7) is 0. The molecule has 1 amide bonds. The number of nitrogens with zero attached hydrogens (tertiary/aromatic N) is 1. The molecule has 4 nitrogen and oxygen atoms in total. The van der Waals surface area contributed by atoms with Crippen molar-refractivity contribution in [1.82, 2.24) is 4.90 Å². The van der Waals surface area contributed by atoms with Gasteiger partial charge in [0.15, 0.2) is 4.99 Å². The molecule has 0 bridgehead atoms. The molecule has 1 N–H and O–H groups in total. The Hall–Kier alpha value is -1.62.